The molecular formula is C26H35N3O5. The number of ether oxygens (including phenoxy) is 2. The third-order valence-electron chi connectivity index (χ3n) is 4.72. The van der Waals surface area contributed by atoms with E-state index >= 15 is 0 Å². The van der Waals surface area contributed by atoms with Gasteiger partial charge in [-0.25, -0.2) is 9.59 Å². The number of alkyl carbamates (subject to hydrolysis) is 2. The van der Waals surface area contributed by atoms with Crippen LogP contribution in [-0.2, 0) is 27.4 Å². The molecule has 0 unspecified atom stereocenters. The zero-order valence-electron chi connectivity index (χ0n) is 20.1. The molecule has 2 aromatic rings. The van der Waals surface area contributed by atoms with E-state index in [-0.39, 0.29) is 12.5 Å². The summed E-state index contributed by atoms with van der Waals surface area (Å²) in [5, 5.41) is 8.23. The summed E-state index contributed by atoms with van der Waals surface area (Å²) in [6, 6.07) is 18.1. The molecule has 0 radical (unpaired) electrons. The first-order valence-corrected chi connectivity index (χ1v) is 11.5. The molecule has 0 saturated carbocycles. The van der Waals surface area contributed by atoms with Crippen LogP contribution in [0.2, 0.25) is 0 Å². The maximum atomic E-state index is 12.8. The monoisotopic (exact) mass is 469 g/mol. The second-order valence-electron chi connectivity index (χ2n) is 8.89. The van der Waals surface area contributed by atoms with Crippen LogP contribution in [0.3, 0.4) is 0 Å². The summed E-state index contributed by atoms with van der Waals surface area (Å²) in [7, 11) is 0. The largest absolute Gasteiger partial charge is 0.445 e. The van der Waals surface area contributed by atoms with Crippen molar-refractivity contribution in [3.8, 4) is 0 Å². The van der Waals surface area contributed by atoms with Gasteiger partial charge in [-0.1, -0.05) is 60.7 Å². The molecule has 0 aliphatic heterocycles. The van der Waals surface area contributed by atoms with Crippen molar-refractivity contribution in [2.45, 2.75) is 64.8 Å². The van der Waals surface area contributed by atoms with Crippen LogP contribution in [0.15, 0.2) is 60.7 Å². The molecule has 3 N–H and O–H groups in total. The third kappa shape index (κ3) is 11.4. The van der Waals surface area contributed by atoms with Crippen molar-refractivity contribution in [1.29, 1.82) is 0 Å². The van der Waals surface area contributed by atoms with Crippen LogP contribution in [0.25, 0.3) is 0 Å². The first kappa shape index (κ1) is 26.7. The predicted molar refractivity (Wildman–Crippen MR) is 130 cm³/mol. The highest BCUT2D eigenvalue weighted by Crippen LogP contribution is 2.08. The third-order valence-corrected chi connectivity index (χ3v) is 4.72. The van der Waals surface area contributed by atoms with E-state index in [0.29, 0.717) is 32.4 Å². The van der Waals surface area contributed by atoms with Crippen molar-refractivity contribution >= 4 is 18.1 Å². The highest BCUT2D eigenvalue weighted by Gasteiger charge is 2.21. The van der Waals surface area contributed by atoms with E-state index < -0.39 is 23.8 Å². The van der Waals surface area contributed by atoms with Gasteiger partial charge in [0.1, 0.15) is 18.2 Å². The van der Waals surface area contributed by atoms with E-state index in [4.69, 9.17) is 9.47 Å². The number of nitrogens with one attached hydrogen (secondary N) is 3. The lowest BCUT2D eigenvalue weighted by Gasteiger charge is -2.20. The number of hydrogen-bond acceptors (Lipinski definition) is 5. The molecule has 0 aliphatic rings. The molecule has 0 aromatic heterocycles. The summed E-state index contributed by atoms with van der Waals surface area (Å²) in [6.07, 6.45) is 0.500. The SMILES string of the molecule is CC(C)(C)OC(=O)NCCCC[C@H](NC(=O)OCc1ccccc1)C(=O)NCc1ccccc1. The Labute approximate surface area is 201 Å². The Morgan fingerprint density at radius 3 is 2.06 bits per heavy atom. The fraction of sp³-hybridized carbons (Fsp3) is 0.423. The highest BCUT2D eigenvalue weighted by molar-refractivity contribution is 5.85. The Hall–Kier alpha value is -3.55. The summed E-state index contributed by atoms with van der Waals surface area (Å²) in [6.45, 7) is 6.28. The molecule has 0 spiro atoms. The first-order valence-electron chi connectivity index (χ1n) is 11.5. The molecule has 0 heterocycles. The summed E-state index contributed by atoms with van der Waals surface area (Å²) in [4.78, 5) is 36.9. The van der Waals surface area contributed by atoms with Crippen LogP contribution in [0.4, 0.5) is 9.59 Å². The Balaban J connectivity index is 1.83. The van der Waals surface area contributed by atoms with Crippen molar-refractivity contribution in [2.75, 3.05) is 6.54 Å². The van der Waals surface area contributed by atoms with Crippen LogP contribution in [0.1, 0.15) is 51.2 Å². The van der Waals surface area contributed by atoms with Crippen LogP contribution in [0.5, 0.6) is 0 Å². The maximum Gasteiger partial charge on any atom is 0.408 e. The first-order chi connectivity index (χ1) is 16.2. The van der Waals surface area contributed by atoms with Crippen LogP contribution < -0.4 is 16.0 Å². The zero-order valence-corrected chi connectivity index (χ0v) is 20.1. The van der Waals surface area contributed by atoms with Gasteiger partial charge in [0.25, 0.3) is 0 Å². The Bertz CT molecular complexity index is 898. The normalized spacial score (nSPS) is 11.7. The van der Waals surface area contributed by atoms with E-state index in [2.05, 4.69) is 16.0 Å². The fourth-order valence-corrected chi connectivity index (χ4v) is 3.06. The summed E-state index contributed by atoms with van der Waals surface area (Å²) < 4.78 is 10.5. The smallest absolute Gasteiger partial charge is 0.408 e. The number of benzene rings is 2. The summed E-state index contributed by atoms with van der Waals surface area (Å²) in [5.74, 6) is -0.291. The lowest BCUT2D eigenvalue weighted by atomic mass is 10.1. The van der Waals surface area contributed by atoms with Crippen LogP contribution in [-0.4, -0.2) is 36.3 Å². The number of amides is 3. The van der Waals surface area contributed by atoms with Gasteiger partial charge in [0.15, 0.2) is 0 Å². The van der Waals surface area contributed by atoms with Gasteiger partial charge in [-0.05, 0) is 51.2 Å². The summed E-state index contributed by atoms with van der Waals surface area (Å²) >= 11 is 0. The molecule has 34 heavy (non-hydrogen) atoms. The van der Waals surface area contributed by atoms with Gasteiger partial charge in [-0.2, -0.15) is 0 Å². The average Bonchev–Trinajstić information content (AvgIpc) is 2.80. The van der Waals surface area contributed by atoms with Crippen LogP contribution in [0, 0.1) is 0 Å². The second kappa shape index (κ2) is 13.9. The zero-order chi connectivity index (χ0) is 24.8. The van der Waals surface area contributed by atoms with Crippen molar-refractivity contribution in [3.05, 3.63) is 71.8 Å². The minimum atomic E-state index is -0.756. The second-order valence-corrected chi connectivity index (χ2v) is 8.89. The van der Waals surface area contributed by atoms with Crippen molar-refractivity contribution in [1.82, 2.24) is 16.0 Å². The molecule has 184 valence electrons. The number of unbranched alkanes of at least 4 members (excludes halogenated alkanes) is 1. The summed E-state index contributed by atoms with van der Waals surface area (Å²) in [5.41, 5.74) is 1.26. The van der Waals surface area contributed by atoms with E-state index in [1.165, 1.54) is 0 Å². The predicted octanol–water partition coefficient (Wildman–Crippen LogP) is 4.29. The fourth-order valence-electron chi connectivity index (χ4n) is 3.06. The molecular weight excluding hydrogens is 434 g/mol. The minimum Gasteiger partial charge on any atom is -0.445 e. The van der Waals surface area contributed by atoms with E-state index in [1.807, 2.05) is 60.7 Å². The number of rotatable bonds is 11. The molecule has 0 fully saturated rings. The lowest BCUT2D eigenvalue weighted by molar-refractivity contribution is -0.123. The lowest BCUT2D eigenvalue weighted by Crippen LogP contribution is -2.46. The van der Waals surface area contributed by atoms with Crippen molar-refractivity contribution in [3.63, 3.8) is 0 Å². The maximum absolute atomic E-state index is 12.8. The van der Waals surface area contributed by atoms with Gasteiger partial charge in [0.2, 0.25) is 5.91 Å². The number of carbonyl (C=O) groups is 3. The molecule has 8 heteroatoms. The topological polar surface area (TPSA) is 106 Å². The van der Waals surface area contributed by atoms with E-state index in [0.717, 1.165) is 11.1 Å². The molecule has 2 aromatic carbocycles. The van der Waals surface area contributed by atoms with Gasteiger partial charge >= 0.3 is 12.2 Å². The van der Waals surface area contributed by atoms with Gasteiger partial charge in [-0.15, -0.1) is 0 Å². The van der Waals surface area contributed by atoms with Crippen molar-refractivity contribution in [2.24, 2.45) is 0 Å². The molecule has 2 rings (SSSR count). The Morgan fingerprint density at radius 1 is 0.824 bits per heavy atom. The quantitative estimate of drug-likeness (QED) is 0.426. The standard InChI is InChI=1S/C26H35N3O5/c1-26(2,3)34-24(31)27-17-11-10-16-22(23(30)28-18-20-12-6-4-7-13-20)29-25(32)33-19-21-14-8-5-9-15-21/h4-9,12-15,22H,10-11,16-19H2,1-3H3,(H,27,31)(H,28,30)(H,29,32)/t22-/m0/s1. The molecule has 0 bridgehead atoms. The van der Waals surface area contributed by atoms with E-state index in [1.54, 1.807) is 20.8 Å². The Kier molecular flexibility index (Phi) is 10.9. The van der Waals surface area contributed by atoms with Gasteiger partial charge < -0.3 is 25.4 Å². The molecule has 3 amide bonds. The molecule has 1 atom stereocenters. The Morgan fingerprint density at radius 2 is 1.44 bits per heavy atom. The molecule has 0 aliphatic carbocycles. The van der Waals surface area contributed by atoms with Gasteiger partial charge in [0, 0.05) is 13.1 Å². The van der Waals surface area contributed by atoms with Gasteiger partial charge in [-0.3, -0.25) is 4.79 Å². The highest BCUT2D eigenvalue weighted by atomic mass is 16.6. The average molecular weight is 470 g/mol. The minimum absolute atomic E-state index is 0.116. The molecule has 0 saturated heterocycles. The number of carbonyl (C=O) groups excluding carboxylic acids is 3. The number of hydrogen-bond donors (Lipinski definition) is 3. The van der Waals surface area contributed by atoms with E-state index in [9.17, 15) is 14.4 Å². The molecule has 8 nitrogen and oxygen atoms in total. The van der Waals surface area contributed by atoms with Crippen LogP contribution >= 0.6 is 0 Å². The van der Waals surface area contributed by atoms with Gasteiger partial charge in [0.05, 0.1) is 0 Å². The van der Waals surface area contributed by atoms with Crippen molar-refractivity contribution < 1.29 is 23.9 Å².